The van der Waals surface area contributed by atoms with E-state index in [1.54, 1.807) is 19.1 Å². The van der Waals surface area contributed by atoms with Crippen LogP contribution in [-0.2, 0) is 15.6 Å². The molecular weight excluding hydrogens is 399 g/mol. The van der Waals surface area contributed by atoms with Gasteiger partial charge in [-0.15, -0.1) is 0 Å². The number of nitrogens with zero attached hydrogens (tertiary/aromatic N) is 3. The summed E-state index contributed by atoms with van der Waals surface area (Å²) in [5.41, 5.74) is 12.1. The second kappa shape index (κ2) is 8.75. The Hall–Kier alpha value is -2.72. The summed E-state index contributed by atoms with van der Waals surface area (Å²) in [7, 11) is -3.92. The number of H-pyrrole nitrogens is 1. The van der Waals surface area contributed by atoms with E-state index in [1.165, 1.54) is 16.7 Å². The highest BCUT2D eigenvalue weighted by molar-refractivity contribution is 7.61. The number of hydrogen-bond acceptors (Lipinski definition) is 8. The highest BCUT2D eigenvalue weighted by Crippen LogP contribution is 2.40. The largest absolute Gasteiger partial charge is 0.463 e. The normalized spacial score (nSPS) is 13.5. The first-order valence-corrected chi connectivity index (χ1v) is 10.6. The van der Waals surface area contributed by atoms with E-state index in [-0.39, 0.29) is 35.9 Å². The molecule has 29 heavy (non-hydrogen) atoms. The molecule has 3 rings (SSSR count). The minimum atomic E-state index is -3.92. The third kappa shape index (κ3) is 4.65. The lowest BCUT2D eigenvalue weighted by Crippen LogP contribution is -2.19. The molecule has 0 radical (unpaired) electrons. The van der Waals surface area contributed by atoms with Gasteiger partial charge in [-0.05, 0) is 37.6 Å². The SMILES string of the molecule is CCOP(=O)(O)c1cccc(Cn2c(=O)[nH]c3c(N)nc(OCCCN)nc32)c1. The maximum Gasteiger partial charge on any atom is 0.358 e. The van der Waals surface area contributed by atoms with E-state index in [0.29, 0.717) is 30.7 Å². The van der Waals surface area contributed by atoms with Crippen molar-refractivity contribution in [2.24, 2.45) is 5.73 Å². The van der Waals surface area contributed by atoms with Crippen LogP contribution in [0.25, 0.3) is 11.2 Å². The van der Waals surface area contributed by atoms with Gasteiger partial charge in [-0.2, -0.15) is 9.97 Å². The summed E-state index contributed by atoms with van der Waals surface area (Å²) in [5.74, 6) is 0.0820. The summed E-state index contributed by atoms with van der Waals surface area (Å²) in [5, 5.41) is 0.143. The maximum absolute atomic E-state index is 12.4. The van der Waals surface area contributed by atoms with Crippen molar-refractivity contribution in [1.82, 2.24) is 19.5 Å². The number of hydrogen-bond donors (Lipinski definition) is 4. The molecular formula is C17H23N6O5P. The Labute approximate surface area is 166 Å². The van der Waals surface area contributed by atoms with Crippen LogP contribution >= 0.6 is 7.60 Å². The third-order valence-corrected chi connectivity index (χ3v) is 5.63. The lowest BCUT2D eigenvalue weighted by molar-refractivity contribution is 0.284. The number of aromatic nitrogens is 4. The molecule has 0 aliphatic carbocycles. The van der Waals surface area contributed by atoms with Gasteiger partial charge in [0.1, 0.15) is 5.52 Å². The van der Waals surface area contributed by atoms with Crippen LogP contribution in [0.5, 0.6) is 6.01 Å². The molecule has 2 aromatic heterocycles. The Kier molecular flexibility index (Phi) is 6.33. The quantitative estimate of drug-likeness (QED) is 0.280. The van der Waals surface area contributed by atoms with Crippen molar-refractivity contribution in [3.63, 3.8) is 0 Å². The molecule has 2 heterocycles. The molecule has 0 saturated heterocycles. The molecule has 0 amide bonds. The van der Waals surface area contributed by atoms with Crippen molar-refractivity contribution in [2.45, 2.75) is 19.9 Å². The number of ether oxygens (including phenoxy) is 1. The van der Waals surface area contributed by atoms with Gasteiger partial charge in [0, 0.05) is 0 Å². The number of fused-ring (bicyclic) bond motifs is 1. The molecule has 1 atom stereocenters. The van der Waals surface area contributed by atoms with E-state index < -0.39 is 13.3 Å². The average molecular weight is 422 g/mol. The van der Waals surface area contributed by atoms with Gasteiger partial charge in [-0.1, -0.05) is 12.1 Å². The van der Waals surface area contributed by atoms with E-state index in [9.17, 15) is 14.3 Å². The van der Waals surface area contributed by atoms with Crippen molar-refractivity contribution in [2.75, 3.05) is 25.5 Å². The van der Waals surface area contributed by atoms with Crippen LogP contribution in [-0.4, -0.2) is 44.2 Å². The van der Waals surface area contributed by atoms with Gasteiger partial charge < -0.3 is 30.6 Å². The van der Waals surface area contributed by atoms with E-state index in [0.717, 1.165) is 0 Å². The summed E-state index contributed by atoms with van der Waals surface area (Å²) < 4.78 is 24.0. The highest BCUT2D eigenvalue weighted by Gasteiger charge is 2.22. The number of benzene rings is 1. The number of nitrogens with one attached hydrogen (secondary N) is 1. The second-order valence-electron chi connectivity index (χ2n) is 6.21. The summed E-state index contributed by atoms with van der Waals surface area (Å²) in [6, 6.07) is 6.41. The minimum absolute atomic E-state index is 0.0427. The molecule has 12 heteroatoms. The smallest absolute Gasteiger partial charge is 0.358 e. The minimum Gasteiger partial charge on any atom is -0.463 e. The molecule has 0 bridgehead atoms. The van der Waals surface area contributed by atoms with Crippen molar-refractivity contribution in [1.29, 1.82) is 0 Å². The predicted molar refractivity (Wildman–Crippen MR) is 108 cm³/mol. The zero-order valence-electron chi connectivity index (χ0n) is 15.9. The fourth-order valence-corrected chi connectivity index (χ4v) is 3.85. The number of anilines is 1. The Bertz CT molecular complexity index is 1110. The van der Waals surface area contributed by atoms with Crippen molar-refractivity contribution in [3.05, 3.63) is 40.3 Å². The molecule has 1 aromatic carbocycles. The molecule has 0 saturated carbocycles. The lowest BCUT2D eigenvalue weighted by atomic mass is 10.2. The molecule has 3 aromatic rings. The zero-order valence-corrected chi connectivity index (χ0v) is 16.8. The van der Waals surface area contributed by atoms with Crippen LogP contribution in [0.4, 0.5) is 5.82 Å². The fraction of sp³-hybridized carbons (Fsp3) is 0.353. The van der Waals surface area contributed by atoms with Gasteiger partial charge in [0.15, 0.2) is 11.5 Å². The molecule has 6 N–H and O–H groups in total. The number of imidazole rings is 1. The van der Waals surface area contributed by atoms with Crippen LogP contribution in [0.1, 0.15) is 18.9 Å². The molecule has 156 valence electrons. The molecule has 1 unspecified atom stereocenters. The summed E-state index contributed by atoms with van der Waals surface area (Å²) >= 11 is 0. The van der Waals surface area contributed by atoms with Gasteiger partial charge in [0.2, 0.25) is 0 Å². The Morgan fingerprint density at radius 3 is 2.86 bits per heavy atom. The number of rotatable bonds is 9. The van der Waals surface area contributed by atoms with E-state index in [2.05, 4.69) is 15.0 Å². The molecule has 0 fully saturated rings. The molecule has 0 spiro atoms. The number of nitrogen functional groups attached to an aromatic ring is 1. The third-order valence-electron chi connectivity index (χ3n) is 4.09. The summed E-state index contributed by atoms with van der Waals surface area (Å²) in [6.45, 7) is 2.61. The Morgan fingerprint density at radius 1 is 1.34 bits per heavy atom. The van der Waals surface area contributed by atoms with E-state index >= 15 is 0 Å². The van der Waals surface area contributed by atoms with Crippen LogP contribution in [0.3, 0.4) is 0 Å². The lowest BCUT2D eigenvalue weighted by Gasteiger charge is -2.12. The molecule has 0 aliphatic heterocycles. The maximum atomic E-state index is 12.4. The predicted octanol–water partition coefficient (Wildman–Crippen LogP) is 0.325. The van der Waals surface area contributed by atoms with Crippen LogP contribution < -0.4 is 27.2 Å². The average Bonchev–Trinajstić information content (AvgIpc) is 2.99. The van der Waals surface area contributed by atoms with Gasteiger partial charge >= 0.3 is 19.3 Å². The Morgan fingerprint density at radius 2 is 2.14 bits per heavy atom. The van der Waals surface area contributed by atoms with E-state index in [4.69, 9.17) is 20.7 Å². The first-order valence-electron chi connectivity index (χ1n) is 9.01. The topological polar surface area (TPSA) is 171 Å². The van der Waals surface area contributed by atoms with Crippen LogP contribution in [0, 0.1) is 0 Å². The zero-order chi connectivity index (χ0) is 21.0. The summed E-state index contributed by atoms with van der Waals surface area (Å²) in [4.78, 5) is 33.4. The van der Waals surface area contributed by atoms with Crippen molar-refractivity contribution >= 4 is 29.9 Å². The molecule has 11 nitrogen and oxygen atoms in total. The first-order chi connectivity index (χ1) is 13.9. The van der Waals surface area contributed by atoms with Crippen LogP contribution in [0.15, 0.2) is 29.1 Å². The van der Waals surface area contributed by atoms with Crippen molar-refractivity contribution in [3.8, 4) is 6.01 Å². The first kappa shape index (κ1) is 21.0. The van der Waals surface area contributed by atoms with Gasteiger partial charge in [-0.3, -0.25) is 9.13 Å². The van der Waals surface area contributed by atoms with E-state index in [1.807, 2.05) is 0 Å². The van der Waals surface area contributed by atoms with Gasteiger partial charge in [-0.25, -0.2) is 4.79 Å². The second-order valence-corrected chi connectivity index (χ2v) is 8.02. The summed E-state index contributed by atoms with van der Waals surface area (Å²) in [6.07, 6.45) is 0.620. The highest BCUT2D eigenvalue weighted by atomic mass is 31.2. The van der Waals surface area contributed by atoms with Gasteiger partial charge in [0.25, 0.3) is 0 Å². The number of nitrogens with two attached hydrogens (primary N) is 2. The fourth-order valence-electron chi connectivity index (χ4n) is 2.75. The monoisotopic (exact) mass is 422 g/mol. The van der Waals surface area contributed by atoms with Crippen LogP contribution in [0.2, 0.25) is 0 Å². The van der Waals surface area contributed by atoms with Gasteiger partial charge in [0.05, 0.1) is 25.1 Å². The number of aromatic amines is 1. The Balaban J connectivity index is 1.97. The molecule has 0 aliphatic rings. The van der Waals surface area contributed by atoms with Crippen molar-refractivity contribution < 1.29 is 18.7 Å². The standard InChI is InChI=1S/C17H23N6O5P/c1-2-28-29(25,26)12-6-3-5-11(9-12)10-23-15-13(20-17(23)24)14(19)21-16(22-15)27-8-4-7-18/h3,5-6,9H,2,4,7-8,10,18H2,1H3,(H,20,24)(H,25,26)(H2,19,21,22).